The molecule has 0 unspecified atom stereocenters. The number of epoxide rings is 1. The first-order valence-corrected chi connectivity index (χ1v) is 3.07. The van der Waals surface area contributed by atoms with Crippen LogP contribution < -0.4 is 0 Å². The Hall–Kier alpha value is -0.0400. The van der Waals surface area contributed by atoms with Crippen molar-refractivity contribution >= 4 is 0 Å². The summed E-state index contributed by atoms with van der Waals surface area (Å²) in [5, 5.41) is 0. The summed E-state index contributed by atoms with van der Waals surface area (Å²) in [6, 6.07) is 0. The maximum Gasteiger partial charge on any atom is 0.0812 e. The molecule has 0 spiro atoms. The lowest BCUT2D eigenvalue weighted by Crippen LogP contribution is -1.84. The van der Waals surface area contributed by atoms with Crippen LogP contribution in [0.5, 0.6) is 0 Å². The maximum atomic E-state index is 5.06. The predicted molar refractivity (Wildman–Crippen MR) is 27.1 cm³/mol. The van der Waals surface area contributed by atoms with Crippen LogP contribution in [-0.4, -0.2) is 12.7 Å². The van der Waals surface area contributed by atoms with Gasteiger partial charge >= 0.3 is 0 Å². The fraction of sp³-hybridized carbons (Fsp3) is 1.00. The van der Waals surface area contributed by atoms with E-state index in [1.807, 2.05) is 0 Å². The molecule has 0 amide bonds. The first kappa shape index (κ1) is 3.90. The van der Waals surface area contributed by atoms with Gasteiger partial charge in [-0.25, -0.2) is 0 Å². The van der Waals surface area contributed by atoms with E-state index in [4.69, 9.17) is 4.74 Å². The lowest BCUT2D eigenvalue weighted by molar-refractivity contribution is 0.387. The molecule has 0 bridgehead atoms. The van der Waals surface area contributed by atoms with Crippen molar-refractivity contribution in [3.63, 3.8) is 0 Å². The Morgan fingerprint density at radius 3 is 2.57 bits per heavy atom. The Balaban J connectivity index is 1.69. The van der Waals surface area contributed by atoms with Crippen LogP contribution in [0.15, 0.2) is 0 Å². The Labute approximate surface area is 43.7 Å². The van der Waals surface area contributed by atoms with E-state index in [2.05, 4.69) is 0 Å². The third-order valence-electron chi connectivity index (χ3n) is 1.70. The molecule has 0 N–H and O–H groups in total. The minimum atomic E-state index is 0.687. The molecule has 2 fully saturated rings. The standard InChI is InChI=1S/C6H10O/c1-2-5(1)3-6-4-7-6/h5-6H,1-4H2/t6-/m0/s1. The van der Waals surface area contributed by atoms with Crippen molar-refractivity contribution in [2.75, 3.05) is 6.61 Å². The van der Waals surface area contributed by atoms with Gasteiger partial charge in [0.1, 0.15) is 0 Å². The van der Waals surface area contributed by atoms with E-state index < -0.39 is 0 Å². The van der Waals surface area contributed by atoms with Crippen LogP contribution in [0.2, 0.25) is 0 Å². The van der Waals surface area contributed by atoms with Crippen LogP contribution >= 0.6 is 0 Å². The van der Waals surface area contributed by atoms with E-state index in [0.29, 0.717) is 6.10 Å². The number of hydrogen-bond donors (Lipinski definition) is 0. The summed E-state index contributed by atoms with van der Waals surface area (Å²) in [4.78, 5) is 0. The lowest BCUT2D eigenvalue weighted by Gasteiger charge is -1.83. The molecule has 1 heterocycles. The quantitative estimate of drug-likeness (QED) is 0.472. The van der Waals surface area contributed by atoms with Crippen molar-refractivity contribution < 1.29 is 4.74 Å². The Morgan fingerprint density at radius 2 is 2.14 bits per heavy atom. The van der Waals surface area contributed by atoms with Crippen molar-refractivity contribution in [3.05, 3.63) is 0 Å². The predicted octanol–water partition coefficient (Wildman–Crippen LogP) is 1.19. The first-order chi connectivity index (χ1) is 3.45. The second kappa shape index (κ2) is 1.22. The largest absolute Gasteiger partial charge is 0.373 e. The molecule has 2 rings (SSSR count). The van der Waals surface area contributed by atoms with Crippen LogP contribution in [0.3, 0.4) is 0 Å². The van der Waals surface area contributed by atoms with Crippen molar-refractivity contribution in [1.29, 1.82) is 0 Å². The average molecular weight is 98.1 g/mol. The summed E-state index contributed by atoms with van der Waals surface area (Å²) in [7, 11) is 0. The Morgan fingerprint density at radius 1 is 1.43 bits per heavy atom. The summed E-state index contributed by atoms with van der Waals surface area (Å²) in [5.41, 5.74) is 0. The Kier molecular flexibility index (Phi) is 0.680. The van der Waals surface area contributed by atoms with Crippen LogP contribution in [0.4, 0.5) is 0 Å². The molecule has 1 aliphatic carbocycles. The molecule has 7 heavy (non-hydrogen) atoms. The zero-order valence-electron chi connectivity index (χ0n) is 4.39. The van der Waals surface area contributed by atoms with Crippen LogP contribution in [0.25, 0.3) is 0 Å². The summed E-state index contributed by atoms with van der Waals surface area (Å²) >= 11 is 0. The Bertz CT molecular complexity index is 62.2. The van der Waals surface area contributed by atoms with Gasteiger partial charge in [-0.05, 0) is 12.3 Å². The minimum Gasteiger partial charge on any atom is -0.373 e. The van der Waals surface area contributed by atoms with Gasteiger partial charge in [0.05, 0.1) is 12.7 Å². The van der Waals surface area contributed by atoms with Crippen molar-refractivity contribution in [2.24, 2.45) is 5.92 Å². The van der Waals surface area contributed by atoms with Gasteiger partial charge in [0.25, 0.3) is 0 Å². The molecule has 0 aromatic heterocycles. The fourth-order valence-corrected chi connectivity index (χ4v) is 0.929. The van der Waals surface area contributed by atoms with Crippen molar-refractivity contribution in [1.82, 2.24) is 0 Å². The molecule has 1 atom stereocenters. The van der Waals surface area contributed by atoms with E-state index in [1.165, 1.54) is 19.3 Å². The molecule has 0 radical (unpaired) electrons. The van der Waals surface area contributed by atoms with Gasteiger partial charge in [0.15, 0.2) is 0 Å². The lowest BCUT2D eigenvalue weighted by atomic mass is 10.2. The summed E-state index contributed by atoms with van der Waals surface area (Å²) in [6.45, 7) is 1.05. The molecule has 0 aromatic carbocycles. The molecule has 1 aliphatic heterocycles. The zero-order valence-corrected chi connectivity index (χ0v) is 4.39. The molecular weight excluding hydrogens is 88.1 g/mol. The van der Waals surface area contributed by atoms with E-state index in [9.17, 15) is 0 Å². The van der Waals surface area contributed by atoms with Gasteiger partial charge in [-0.3, -0.25) is 0 Å². The van der Waals surface area contributed by atoms with E-state index in [0.717, 1.165) is 12.5 Å². The number of hydrogen-bond acceptors (Lipinski definition) is 1. The maximum absolute atomic E-state index is 5.06. The SMILES string of the molecule is C1CC1C[C@H]1CO1. The van der Waals surface area contributed by atoms with Gasteiger partial charge in [-0.2, -0.15) is 0 Å². The first-order valence-electron chi connectivity index (χ1n) is 3.07. The van der Waals surface area contributed by atoms with Crippen LogP contribution in [0.1, 0.15) is 19.3 Å². The fourth-order valence-electron chi connectivity index (χ4n) is 0.929. The van der Waals surface area contributed by atoms with E-state index in [1.54, 1.807) is 0 Å². The zero-order chi connectivity index (χ0) is 4.69. The van der Waals surface area contributed by atoms with Crippen LogP contribution in [-0.2, 0) is 4.74 Å². The average Bonchev–Trinajstić information content (AvgIpc) is 2.33. The normalized spacial score (nSPS) is 38.6. The van der Waals surface area contributed by atoms with Gasteiger partial charge in [0, 0.05) is 0 Å². The van der Waals surface area contributed by atoms with Crippen molar-refractivity contribution in [2.45, 2.75) is 25.4 Å². The molecular formula is C6H10O. The highest BCUT2D eigenvalue weighted by Gasteiger charge is 2.31. The monoisotopic (exact) mass is 98.1 g/mol. The smallest absolute Gasteiger partial charge is 0.0812 e. The summed E-state index contributed by atoms with van der Waals surface area (Å²) < 4.78 is 5.06. The second-order valence-electron chi connectivity index (χ2n) is 2.63. The molecule has 2 aliphatic rings. The summed E-state index contributed by atoms with van der Waals surface area (Å²) in [6.07, 6.45) is 4.99. The van der Waals surface area contributed by atoms with Gasteiger partial charge in [0.2, 0.25) is 0 Å². The third kappa shape index (κ3) is 0.942. The highest BCUT2D eigenvalue weighted by atomic mass is 16.6. The number of rotatable bonds is 2. The summed E-state index contributed by atoms with van der Waals surface area (Å²) in [5.74, 6) is 1.06. The van der Waals surface area contributed by atoms with E-state index in [-0.39, 0.29) is 0 Å². The molecule has 1 nitrogen and oxygen atoms in total. The number of ether oxygens (including phenoxy) is 1. The molecule has 1 heteroatoms. The second-order valence-corrected chi connectivity index (χ2v) is 2.63. The highest BCUT2D eigenvalue weighted by Crippen LogP contribution is 2.36. The van der Waals surface area contributed by atoms with Gasteiger partial charge < -0.3 is 4.74 Å². The van der Waals surface area contributed by atoms with Gasteiger partial charge in [-0.15, -0.1) is 0 Å². The highest BCUT2D eigenvalue weighted by molar-refractivity contribution is 4.81. The molecule has 1 saturated heterocycles. The molecule has 1 saturated carbocycles. The topological polar surface area (TPSA) is 12.5 Å². The molecule has 40 valence electrons. The van der Waals surface area contributed by atoms with Crippen LogP contribution in [0, 0.1) is 5.92 Å². The van der Waals surface area contributed by atoms with Gasteiger partial charge in [-0.1, -0.05) is 12.8 Å². The molecule has 0 aromatic rings. The van der Waals surface area contributed by atoms with E-state index >= 15 is 0 Å². The third-order valence-corrected chi connectivity index (χ3v) is 1.70. The van der Waals surface area contributed by atoms with Crippen molar-refractivity contribution in [3.8, 4) is 0 Å². The minimum absolute atomic E-state index is 0.687.